The van der Waals surface area contributed by atoms with E-state index in [1.54, 1.807) is 23.2 Å². The van der Waals surface area contributed by atoms with Crippen LogP contribution in [0.4, 0.5) is 0 Å². The molecule has 1 atom stereocenters. The molecule has 6 nitrogen and oxygen atoms in total. The Labute approximate surface area is 162 Å². The number of carbonyl (C=O) groups excluding carboxylic acids is 1. The predicted octanol–water partition coefficient (Wildman–Crippen LogP) is 4.23. The molecule has 27 heavy (non-hydrogen) atoms. The number of aromatic nitrogens is 2. The van der Waals surface area contributed by atoms with Gasteiger partial charge in [-0.3, -0.25) is 4.79 Å². The second-order valence-corrected chi connectivity index (χ2v) is 7.32. The fourth-order valence-corrected chi connectivity index (χ4v) is 3.32. The Bertz CT molecular complexity index is 905. The molecule has 0 aliphatic rings. The number of thiophene rings is 1. The Kier molecular flexibility index (Phi) is 5.91. The average Bonchev–Trinajstić information content (AvgIpc) is 3.33. The van der Waals surface area contributed by atoms with Crippen LogP contribution in [-0.4, -0.2) is 33.6 Å². The highest BCUT2D eigenvalue weighted by Crippen LogP contribution is 2.23. The van der Waals surface area contributed by atoms with E-state index in [1.807, 2.05) is 56.5 Å². The Morgan fingerprint density at radius 3 is 2.85 bits per heavy atom. The normalized spacial score (nSPS) is 12.0. The van der Waals surface area contributed by atoms with Crippen molar-refractivity contribution in [2.24, 2.45) is 0 Å². The monoisotopic (exact) mass is 385 g/mol. The lowest BCUT2D eigenvalue weighted by Gasteiger charge is -2.24. The zero-order chi connectivity index (χ0) is 19.4. The third-order valence-corrected chi connectivity index (χ3v) is 5.09. The van der Waals surface area contributed by atoms with E-state index >= 15 is 0 Å². The van der Waals surface area contributed by atoms with Crippen LogP contribution in [0.1, 0.15) is 30.9 Å². The minimum atomic E-state index is -0.606. The molecule has 0 radical (unpaired) electrons. The first-order valence-electron chi connectivity index (χ1n) is 8.87. The van der Waals surface area contributed by atoms with Crippen LogP contribution in [0.3, 0.4) is 0 Å². The third kappa shape index (κ3) is 4.54. The van der Waals surface area contributed by atoms with Crippen LogP contribution in [0.2, 0.25) is 0 Å². The number of carbonyl (C=O) groups is 1. The number of rotatable bonds is 7. The van der Waals surface area contributed by atoms with Crippen molar-refractivity contribution in [2.45, 2.75) is 40.3 Å². The second kappa shape index (κ2) is 8.35. The molecule has 0 bridgehead atoms. The van der Waals surface area contributed by atoms with Gasteiger partial charge in [-0.15, -0.1) is 11.3 Å². The Hall–Kier alpha value is -2.67. The third-order valence-electron chi connectivity index (χ3n) is 4.22. The van der Waals surface area contributed by atoms with Crippen LogP contribution < -0.4 is 4.74 Å². The number of ether oxygens (including phenoxy) is 1. The molecular weight excluding hydrogens is 362 g/mol. The zero-order valence-corrected chi connectivity index (χ0v) is 16.7. The Morgan fingerprint density at radius 2 is 2.15 bits per heavy atom. The first-order chi connectivity index (χ1) is 13.0. The van der Waals surface area contributed by atoms with Crippen molar-refractivity contribution < 1.29 is 14.1 Å². The van der Waals surface area contributed by atoms with Gasteiger partial charge in [0.25, 0.3) is 5.91 Å². The lowest BCUT2D eigenvalue weighted by Crippen LogP contribution is -2.40. The van der Waals surface area contributed by atoms with Crippen LogP contribution in [0, 0.1) is 13.8 Å². The zero-order valence-electron chi connectivity index (χ0n) is 15.9. The van der Waals surface area contributed by atoms with Gasteiger partial charge in [-0.1, -0.05) is 23.4 Å². The van der Waals surface area contributed by atoms with Gasteiger partial charge < -0.3 is 14.2 Å². The average molecular weight is 385 g/mol. The molecule has 7 heteroatoms. The first kappa shape index (κ1) is 19.1. The summed E-state index contributed by atoms with van der Waals surface area (Å²) in [5.41, 5.74) is 2.09. The van der Waals surface area contributed by atoms with Gasteiger partial charge >= 0.3 is 0 Å². The minimum absolute atomic E-state index is 0.116. The molecule has 0 spiro atoms. The molecule has 1 amide bonds. The Morgan fingerprint density at radius 1 is 1.33 bits per heavy atom. The molecule has 0 aliphatic heterocycles. The van der Waals surface area contributed by atoms with Crippen molar-refractivity contribution in [3.05, 3.63) is 52.7 Å². The van der Waals surface area contributed by atoms with E-state index in [0.29, 0.717) is 18.3 Å². The fourth-order valence-electron chi connectivity index (χ4n) is 2.67. The van der Waals surface area contributed by atoms with Gasteiger partial charge in [-0.2, -0.15) is 4.98 Å². The molecule has 0 aliphatic carbocycles. The quantitative estimate of drug-likeness (QED) is 0.609. The van der Waals surface area contributed by atoms with Crippen LogP contribution in [0.25, 0.3) is 10.7 Å². The summed E-state index contributed by atoms with van der Waals surface area (Å²) in [7, 11) is 0. The molecular formula is C20H23N3O3S. The molecule has 1 unspecified atom stereocenters. The van der Waals surface area contributed by atoms with Gasteiger partial charge in [-0.25, -0.2) is 0 Å². The molecule has 0 fully saturated rings. The summed E-state index contributed by atoms with van der Waals surface area (Å²) >= 11 is 1.54. The van der Waals surface area contributed by atoms with Crippen molar-refractivity contribution in [1.82, 2.24) is 15.0 Å². The fraction of sp³-hybridized carbons (Fsp3) is 0.350. The highest BCUT2D eigenvalue weighted by atomic mass is 32.1. The number of aryl methyl sites for hydroxylation is 2. The van der Waals surface area contributed by atoms with Crippen molar-refractivity contribution in [2.75, 3.05) is 6.54 Å². The molecule has 3 aromatic rings. The maximum atomic E-state index is 12.8. The standard InChI is InChI=1S/C20H23N3O3S/c1-5-23(12-18-21-19(22-26-18)17-7-6-10-27-17)20(24)15(4)25-16-11-13(2)8-9-14(16)3/h6-11,15H,5,12H2,1-4H3. The molecule has 1 aromatic carbocycles. The van der Waals surface area contributed by atoms with E-state index < -0.39 is 6.10 Å². The van der Waals surface area contributed by atoms with Crippen LogP contribution in [0.15, 0.2) is 40.2 Å². The lowest BCUT2D eigenvalue weighted by atomic mass is 10.1. The predicted molar refractivity (Wildman–Crippen MR) is 105 cm³/mol. The van der Waals surface area contributed by atoms with Gasteiger partial charge in [0, 0.05) is 6.54 Å². The molecule has 0 N–H and O–H groups in total. The second-order valence-electron chi connectivity index (χ2n) is 6.37. The summed E-state index contributed by atoms with van der Waals surface area (Å²) in [5.74, 6) is 1.56. The van der Waals surface area contributed by atoms with Gasteiger partial charge in [0.1, 0.15) is 12.3 Å². The van der Waals surface area contributed by atoms with E-state index in [9.17, 15) is 4.79 Å². The number of hydrogen-bond donors (Lipinski definition) is 0. The van der Waals surface area contributed by atoms with Gasteiger partial charge in [0.2, 0.25) is 11.7 Å². The molecule has 142 valence electrons. The van der Waals surface area contributed by atoms with E-state index in [-0.39, 0.29) is 12.5 Å². The number of benzene rings is 1. The minimum Gasteiger partial charge on any atom is -0.481 e. The topological polar surface area (TPSA) is 68.5 Å². The van der Waals surface area contributed by atoms with Crippen LogP contribution >= 0.6 is 11.3 Å². The van der Waals surface area contributed by atoms with E-state index in [4.69, 9.17) is 9.26 Å². The van der Waals surface area contributed by atoms with Crippen molar-refractivity contribution in [1.29, 1.82) is 0 Å². The number of hydrogen-bond acceptors (Lipinski definition) is 6. The SMILES string of the molecule is CCN(Cc1nc(-c2cccs2)no1)C(=O)C(C)Oc1cc(C)ccc1C. The Balaban J connectivity index is 1.67. The van der Waals surface area contributed by atoms with Crippen LogP contribution in [-0.2, 0) is 11.3 Å². The molecule has 0 saturated heterocycles. The highest BCUT2D eigenvalue weighted by molar-refractivity contribution is 7.13. The summed E-state index contributed by atoms with van der Waals surface area (Å²) in [6, 6.07) is 9.82. The lowest BCUT2D eigenvalue weighted by molar-refractivity contribution is -0.138. The molecule has 3 rings (SSSR count). The van der Waals surface area contributed by atoms with Crippen molar-refractivity contribution in [3.63, 3.8) is 0 Å². The van der Waals surface area contributed by atoms with E-state index in [0.717, 1.165) is 21.8 Å². The number of amides is 1. The van der Waals surface area contributed by atoms with Gasteiger partial charge in [0.05, 0.1) is 4.88 Å². The van der Waals surface area contributed by atoms with Crippen molar-refractivity contribution in [3.8, 4) is 16.5 Å². The number of likely N-dealkylation sites (N-methyl/N-ethyl adjacent to an activating group) is 1. The highest BCUT2D eigenvalue weighted by Gasteiger charge is 2.24. The summed E-state index contributed by atoms with van der Waals surface area (Å²) in [6.07, 6.45) is -0.606. The smallest absolute Gasteiger partial charge is 0.263 e. The summed E-state index contributed by atoms with van der Waals surface area (Å²) < 4.78 is 11.2. The van der Waals surface area contributed by atoms with Gasteiger partial charge in [0.15, 0.2) is 6.10 Å². The maximum Gasteiger partial charge on any atom is 0.263 e. The summed E-state index contributed by atoms with van der Waals surface area (Å²) in [4.78, 5) is 19.8. The van der Waals surface area contributed by atoms with E-state index in [1.165, 1.54) is 0 Å². The summed E-state index contributed by atoms with van der Waals surface area (Å²) in [5, 5.41) is 5.95. The molecule has 0 saturated carbocycles. The maximum absolute atomic E-state index is 12.8. The summed E-state index contributed by atoms with van der Waals surface area (Å²) in [6.45, 7) is 8.42. The van der Waals surface area contributed by atoms with Crippen molar-refractivity contribution >= 4 is 17.2 Å². The van der Waals surface area contributed by atoms with Gasteiger partial charge in [-0.05, 0) is 56.3 Å². The van der Waals surface area contributed by atoms with E-state index in [2.05, 4.69) is 10.1 Å². The largest absolute Gasteiger partial charge is 0.481 e. The first-order valence-corrected chi connectivity index (χ1v) is 9.75. The van der Waals surface area contributed by atoms with Crippen LogP contribution in [0.5, 0.6) is 5.75 Å². The number of nitrogens with zero attached hydrogens (tertiary/aromatic N) is 3. The molecule has 2 aromatic heterocycles. The molecule has 2 heterocycles.